The van der Waals surface area contributed by atoms with Gasteiger partial charge in [0.1, 0.15) is 0 Å². The van der Waals surface area contributed by atoms with Crippen molar-refractivity contribution in [3.05, 3.63) is 42.0 Å². The summed E-state index contributed by atoms with van der Waals surface area (Å²) >= 11 is 0. The lowest BCUT2D eigenvalue weighted by atomic mass is 9.68. The second kappa shape index (κ2) is 11.2. The van der Waals surface area contributed by atoms with Gasteiger partial charge in [-0.1, -0.05) is 31.8 Å². The third-order valence-corrected chi connectivity index (χ3v) is 7.30. The number of hydrogen-bond donors (Lipinski definition) is 0. The van der Waals surface area contributed by atoms with Gasteiger partial charge in [0.25, 0.3) is 0 Å². The molecule has 0 spiro atoms. The Hall–Kier alpha value is -1.52. The maximum Gasteiger partial charge on any atom is 0.387 e. The van der Waals surface area contributed by atoms with E-state index in [0.717, 1.165) is 43.9 Å². The molecule has 2 saturated carbocycles. The maximum atomic E-state index is 14.1. The van der Waals surface area contributed by atoms with Gasteiger partial charge in [-0.05, 0) is 92.7 Å². The van der Waals surface area contributed by atoms with Crippen molar-refractivity contribution in [3.8, 4) is 5.75 Å². The molecule has 2 aliphatic rings. The van der Waals surface area contributed by atoms with Crippen molar-refractivity contribution in [1.82, 2.24) is 0 Å². The van der Waals surface area contributed by atoms with Gasteiger partial charge in [-0.3, -0.25) is 0 Å². The highest BCUT2D eigenvalue weighted by molar-refractivity contribution is 5.33. The quantitative estimate of drug-likeness (QED) is 0.219. The second-order valence-corrected chi connectivity index (χ2v) is 9.16. The predicted molar refractivity (Wildman–Crippen MR) is 112 cm³/mol. The van der Waals surface area contributed by atoms with Gasteiger partial charge in [0.2, 0.25) is 0 Å². The largest absolute Gasteiger partial charge is 0.429 e. The lowest BCUT2D eigenvalue weighted by Crippen LogP contribution is -2.25. The molecule has 0 atom stereocenters. The Morgan fingerprint density at radius 3 is 2.00 bits per heavy atom. The van der Waals surface area contributed by atoms with Crippen LogP contribution in [-0.4, -0.2) is 6.61 Å². The van der Waals surface area contributed by atoms with Crippen LogP contribution in [0, 0.1) is 29.4 Å². The summed E-state index contributed by atoms with van der Waals surface area (Å²) in [6.45, 7) is 0.545. The van der Waals surface area contributed by atoms with Crippen molar-refractivity contribution in [1.29, 1.82) is 0 Å². The first-order chi connectivity index (χ1) is 14.5. The molecule has 0 aromatic heterocycles. The molecule has 1 aromatic carbocycles. The van der Waals surface area contributed by atoms with Crippen molar-refractivity contribution in [2.75, 3.05) is 0 Å². The van der Waals surface area contributed by atoms with Crippen LogP contribution < -0.4 is 4.74 Å². The molecule has 30 heavy (non-hydrogen) atoms. The number of rotatable bonds is 9. The molecule has 0 bridgehead atoms. The molecule has 1 nitrogen and oxygen atoms in total. The molecule has 0 heterocycles. The summed E-state index contributed by atoms with van der Waals surface area (Å²) in [7, 11) is 0. The van der Waals surface area contributed by atoms with Gasteiger partial charge in [-0.25, -0.2) is 8.78 Å². The van der Waals surface area contributed by atoms with Crippen LogP contribution in [0.25, 0.3) is 0 Å². The van der Waals surface area contributed by atoms with E-state index in [1.165, 1.54) is 57.1 Å². The van der Waals surface area contributed by atoms with Crippen LogP contribution in [0.3, 0.4) is 0 Å². The van der Waals surface area contributed by atoms with Crippen molar-refractivity contribution in [2.45, 2.75) is 89.6 Å². The molecule has 1 aromatic rings. The third-order valence-electron chi connectivity index (χ3n) is 7.30. The minimum atomic E-state index is -3.24. The molecule has 3 rings (SSSR count). The van der Waals surface area contributed by atoms with Crippen LogP contribution in [0.4, 0.5) is 17.6 Å². The average molecular weight is 427 g/mol. The van der Waals surface area contributed by atoms with E-state index >= 15 is 0 Å². The van der Waals surface area contributed by atoms with E-state index < -0.39 is 24.0 Å². The second-order valence-electron chi connectivity index (χ2n) is 9.16. The molecular weight excluding hydrogens is 392 g/mol. The van der Waals surface area contributed by atoms with Crippen LogP contribution in [0.15, 0.2) is 24.8 Å². The normalized spacial score (nSPS) is 27.2. The lowest BCUT2D eigenvalue weighted by molar-refractivity contribution is -0.0546. The van der Waals surface area contributed by atoms with E-state index in [4.69, 9.17) is 0 Å². The predicted octanol–water partition coefficient (Wildman–Crippen LogP) is 8.39. The Bertz CT molecular complexity index is 651. The first kappa shape index (κ1) is 23.1. The van der Waals surface area contributed by atoms with Gasteiger partial charge in [0.05, 0.1) is 0 Å². The van der Waals surface area contributed by atoms with Crippen LogP contribution in [-0.2, 0) is 0 Å². The Kier molecular flexibility index (Phi) is 8.64. The Morgan fingerprint density at radius 1 is 0.900 bits per heavy atom. The fraction of sp³-hybridized carbons (Fsp3) is 0.680. The van der Waals surface area contributed by atoms with Gasteiger partial charge in [-0.2, -0.15) is 8.78 Å². The fourth-order valence-electron chi connectivity index (χ4n) is 5.61. The number of benzene rings is 1. The number of allylic oxidation sites excluding steroid dienone is 1. The van der Waals surface area contributed by atoms with E-state index in [9.17, 15) is 17.6 Å². The van der Waals surface area contributed by atoms with Gasteiger partial charge >= 0.3 is 6.61 Å². The minimum Gasteiger partial charge on any atom is -0.429 e. The zero-order valence-corrected chi connectivity index (χ0v) is 17.7. The molecule has 5 heteroatoms. The number of hydrogen-bond acceptors (Lipinski definition) is 1. The summed E-state index contributed by atoms with van der Waals surface area (Å²) < 4.78 is 56.7. The zero-order chi connectivity index (χ0) is 21.5. The van der Waals surface area contributed by atoms with E-state index in [1.54, 1.807) is 0 Å². The molecule has 0 saturated heterocycles. The summed E-state index contributed by atoms with van der Waals surface area (Å²) in [5, 5.41) is 0. The maximum absolute atomic E-state index is 14.1. The monoisotopic (exact) mass is 426 g/mol. The van der Waals surface area contributed by atoms with Gasteiger partial charge < -0.3 is 4.74 Å². The minimum absolute atomic E-state index is 0.0899. The highest BCUT2D eigenvalue weighted by atomic mass is 19.3. The van der Waals surface area contributed by atoms with Gasteiger partial charge in [0, 0.05) is 0 Å². The molecular formula is C25H34F4O. The molecule has 0 amide bonds. The van der Waals surface area contributed by atoms with Crippen LogP contribution in [0.1, 0.15) is 88.5 Å². The standard InChI is InChI=1S/C25H34F4O/c1-2-3-4-5-6-17-7-9-18(10-8-17)19-11-13-20(14-12-19)21-15-22(26)24(23(27)16-21)30-25(28)29/h2,15-20,25H,1,3-14H2. The Labute approximate surface area is 177 Å². The highest BCUT2D eigenvalue weighted by Crippen LogP contribution is 2.45. The molecule has 0 N–H and O–H groups in total. The Balaban J connectivity index is 1.46. The third kappa shape index (κ3) is 6.24. The first-order valence-corrected chi connectivity index (χ1v) is 11.5. The summed E-state index contributed by atoms with van der Waals surface area (Å²) in [6, 6.07) is 2.34. The fourth-order valence-corrected chi connectivity index (χ4v) is 5.61. The van der Waals surface area contributed by atoms with E-state index in [1.807, 2.05) is 6.08 Å². The SMILES string of the molecule is C=CCCCCC1CCC(C2CCC(c3cc(F)c(OC(F)F)c(F)c3)CC2)CC1. The molecule has 168 valence electrons. The Morgan fingerprint density at radius 2 is 1.47 bits per heavy atom. The molecule has 0 radical (unpaired) electrons. The van der Waals surface area contributed by atoms with Crippen molar-refractivity contribution < 1.29 is 22.3 Å². The van der Waals surface area contributed by atoms with E-state index in [2.05, 4.69) is 11.3 Å². The first-order valence-electron chi connectivity index (χ1n) is 11.5. The summed E-state index contributed by atoms with van der Waals surface area (Å²) in [5.41, 5.74) is 0.563. The summed E-state index contributed by atoms with van der Waals surface area (Å²) in [4.78, 5) is 0. The van der Waals surface area contributed by atoms with Crippen LogP contribution in [0.5, 0.6) is 5.75 Å². The summed E-state index contributed by atoms with van der Waals surface area (Å²) in [6.07, 6.45) is 16.3. The van der Waals surface area contributed by atoms with E-state index in [0.29, 0.717) is 11.5 Å². The van der Waals surface area contributed by atoms with Crippen LogP contribution >= 0.6 is 0 Å². The smallest absolute Gasteiger partial charge is 0.387 e. The summed E-state index contributed by atoms with van der Waals surface area (Å²) in [5.74, 6) is -0.611. The highest BCUT2D eigenvalue weighted by Gasteiger charge is 2.32. The molecule has 0 aliphatic heterocycles. The van der Waals surface area contributed by atoms with Gasteiger partial charge in [0.15, 0.2) is 17.4 Å². The lowest BCUT2D eigenvalue weighted by Gasteiger charge is -2.38. The molecule has 2 aliphatic carbocycles. The topological polar surface area (TPSA) is 9.23 Å². The van der Waals surface area contributed by atoms with Gasteiger partial charge in [-0.15, -0.1) is 6.58 Å². The van der Waals surface area contributed by atoms with E-state index in [-0.39, 0.29) is 5.92 Å². The average Bonchev–Trinajstić information content (AvgIpc) is 2.74. The number of halogens is 4. The van der Waals surface area contributed by atoms with Crippen molar-refractivity contribution in [2.24, 2.45) is 17.8 Å². The molecule has 2 fully saturated rings. The molecule has 0 unspecified atom stereocenters. The zero-order valence-electron chi connectivity index (χ0n) is 17.7. The van der Waals surface area contributed by atoms with Crippen molar-refractivity contribution >= 4 is 0 Å². The number of unbranched alkanes of at least 4 members (excludes halogenated alkanes) is 2. The van der Waals surface area contributed by atoms with Crippen molar-refractivity contribution in [3.63, 3.8) is 0 Å². The van der Waals surface area contributed by atoms with Crippen LogP contribution in [0.2, 0.25) is 0 Å². The number of alkyl halides is 2. The number of ether oxygens (including phenoxy) is 1.